The first kappa shape index (κ1) is 16.4. The lowest BCUT2D eigenvalue weighted by Gasteiger charge is -2.12. The van der Waals surface area contributed by atoms with E-state index in [-0.39, 0.29) is 5.75 Å². The van der Waals surface area contributed by atoms with Crippen LogP contribution in [0.5, 0.6) is 11.5 Å². The summed E-state index contributed by atoms with van der Waals surface area (Å²) in [6, 6.07) is 11.4. The van der Waals surface area contributed by atoms with Crippen molar-refractivity contribution in [3.05, 3.63) is 59.2 Å². The number of fused-ring (bicyclic) bond motifs is 1. The molecule has 0 aliphatic carbocycles. The summed E-state index contributed by atoms with van der Waals surface area (Å²) >= 11 is 5.95. The first-order chi connectivity index (χ1) is 11.4. The number of hydrogen-bond donors (Lipinski definition) is 1. The average molecular weight is 353 g/mol. The number of aromatic nitrogens is 1. The zero-order valence-electron chi connectivity index (χ0n) is 12.5. The fraction of sp³-hybridized carbons (Fsp3) is 0.118. The van der Waals surface area contributed by atoms with E-state index >= 15 is 0 Å². The molecule has 0 aliphatic rings. The Bertz CT molecular complexity index is 879. The molecule has 24 heavy (non-hydrogen) atoms. The molecule has 0 bridgehead atoms. The van der Waals surface area contributed by atoms with Crippen LogP contribution in [-0.4, -0.2) is 12.0 Å². The summed E-state index contributed by atoms with van der Waals surface area (Å²) in [4.78, 5) is 4.26. The van der Waals surface area contributed by atoms with Crippen molar-refractivity contribution in [1.82, 2.24) is 4.98 Å². The molecule has 2 aromatic carbocycles. The fourth-order valence-corrected chi connectivity index (χ4v) is 2.46. The summed E-state index contributed by atoms with van der Waals surface area (Å²) in [5.74, 6) is 0.689. The summed E-state index contributed by atoms with van der Waals surface area (Å²) in [5, 5.41) is 4.14. The van der Waals surface area contributed by atoms with Crippen molar-refractivity contribution < 1.29 is 17.9 Å². The predicted molar refractivity (Wildman–Crippen MR) is 87.8 cm³/mol. The van der Waals surface area contributed by atoms with Crippen LogP contribution in [0.3, 0.4) is 0 Å². The van der Waals surface area contributed by atoms with E-state index in [0.29, 0.717) is 16.4 Å². The normalized spacial score (nSPS) is 11.5. The van der Waals surface area contributed by atoms with Gasteiger partial charge in [0, 0.05) is 18.1 Å². The van der Waals surface area contributed by atoms with Gasteiger partial charge in [0.2, 0.25) is 0 Å². The van der Waals surface area contributed by atoms with Crippen molar-refractivity contribution in [2.75, 3.05) is 12.4 Å². The minimum atomic E-state index is -4.38. The molecule has 7 heteroatoms. The number of rotatable bonds is 3. The number of alkyl halides is 3. The average Bonchev–Trinajstić information content (AvgIpc) is 2.55. The van der Waals surface area contributed by atoms with Crippen LogP contribution in [0.25, 0.3) is 10.9 Å². The number of nitrogens with zero attached hydrogens (tertiary/aromatic N) is 1. The molecule has 1 heterocycles. The topological polar surface area (TPSA) is 34.1 Å². The Hall–Kier alpha value is -2.47. The highest BCUT2D eigenvalue weighted by Crippen LogP contribution is 2.35. The highest BCUT2D eigenvalue weighted by atomic mass is 35.5. The van der Waals surface area contributed by atoms with E-state index in [4.69, 9.17) is 16.3 Å². The maximum Gasteiger partial charge on any atom is 0.416 e. The number of ether oxygens (including phenoxy) is 1. The van der Waals surface area contributed by atoms with Crippen LogP contribution < -0.4 is 10.1 Å². The van der Waals surface area contributed by atoms with Gasteiger partial charge in [-0.25, -0.2) is 4.98 Å². The van der Waals surface area contributed by atoms with Crippen LogP contribution in [0.2, 0.25) is 5.15 Å². The summed E-state index contributed by atoms with van der Waals surface area (Å²) in [5.41, 5.74) is 0.634. The van der Waals surface area contributed by atoms with Gasteiger partial charge >= 0.3 is 6.18 Å². The third-order valence-electron chi connectivity index (χ3n) is 3.46. The molecule has 124 valence electrons. The lowest BCUT2D eigenvalue weighted by Crippen LogP contribution is -2.04. The van der Waals surface area contributed by atoms with Crippen LogP contribution in [-0.2, 0) is 6.18 Å². The van der Waals surface area contributed by atoms with Crippen molar-refractivity contribution in [3.8, 4) is 11.5 Å². The van der Waals surface area contributed by atoms with Crippen LogP contribution in [0, 0.1) is 0 Å². The molecule has 0 aliphatic heterocycles. The molecule has 0 spiro atoms. The minimum Gasteiger partial charge on any atom is -0.455 e. The Morgan fingerprint density at radius 2 is 1.71 bits per heavy atom. The van der Waals surface area contributed by atoms with Gasteiger partial charge in [-0.15, -0.1) is 0 Å². The quantitative estimate of drug-likeness (QED) is 0.610. The van der Waals surface area contributed by atoms with Gasteiger partial charge in [0.1, 0.15) is 16.4 Å². The molecule has 0 saturated carbocycles. The van der Waals surface area contributed by atoms with Gasteiger partial charge in [0.15, 0.2) is 5.75 Å². The number of anilines is 1. The van der Waals surface area contributed by atoms with Crippen molar-refractivity contribution in [2.45, 2.75) is 6.18 Å². The molecule has 0 fully saturated rings. The maximum absolute atomic E-state index is 12.6. The molecule has 0 unspecified atom stereocenters. The molecule has 0 atom stereocenters. The molecule has 1 N–H and O–H groups in total. The van der Waals surface area contributed by atoms with E-state index in [0.717, 1.165) is 23.2 Å². The van der Waals surface area contributed by atoms with Crippen molar-refractivity contribution in [1.29, 1.82) is 0 Å². The standard InChI is InChI=1S/C17H12ClF3N2O/c1-22-13-7-8-14(16-12(13)6-9-15(18)23-16)24-11-4-2-10(3-5-11)17(19,20)21/h2-9,22H,1H3. The molecule has 0 saturated heterocycles. The molecule has 0 radical (unpaired) electrons. The Morgan fingerprint density at radius 1 is 1.00 bits per heavy atom. The Labute approximate surface area is 141 Å². The second-order valence-electron chi connectivity index (χ2n) is 5.02. The first-order valence-corrected chi connectivity index (χ1v) is 7.38. The number of nitrogens with one attached hydrogen (secondary N) is 1. The van der Waals surface area contributed by atoms with E-state index in [2.05, 4.69) is 10.3 Å². The number of benzene rings is 2. The predicted octanol–water partition coefficient (Wildman–Crippen LogP) is 5.74. The number of halogens is 4. The van der Waals surface area contributed by atoms with Crippen LogP contribution in [0.4, 0.5) is 18.9 Å². The van der Waals surface area contributed by atoms with E-state index in [9.17, 15) is 13.2 Å². The second-order valence-corrected chi connectivity index (χ2v) is 5.40. The monoisotopic (exact) mass is 352 g/mol. The fourth-order valence-electron chi connectivity index (χ4n) is 2.31. The van der Waals surface area contributed by atoms with E-state index in [1.165, 1.54) is 12.1 Å². The van der Waals surface area contributed by atoms with Gasteiger partial charge < -0.3 is 10.1 Å². The third kappa shape index (κ3) is 3.23. The Morgan fingerprint density at radius 3 is 2.33 bits per heavy atom. The van der Waals surface area contributed by atoms with Crippen LogP contribution in [0.1, 0.15) is 5.56 Å². The van der Waals surface area contributed by atoms with Gasteiger partial charge in [-0.2, -0.15) is 13.2 Å². The van der Waals surface area contributed by atoms with Gasteiger partial charge in [-0.3, -0.25) is 0 Å². The van der Waals surface area contributed by atoms with Crippen molar-refractivity contribution in [2.24, 2.45) is 0 Å². The van der Waals surface area contributed by atoms with Crippen LogP contribution in [0.15, 0.2) is 48.5 Å². The molecule has 0 amide bonds. The lowest BCUT2D eigenvalue weighted by atomic mass is 10.1. The Balaban J connectivity index is 2.00. The second kappa shape index (κ2) is 6.20. The molecular weight excluding hydrogens is 341 g/mol. The molecule has 3 nitrogen and oxygen atoms in total. The van der Waals surface area contributed by atoms with Gasteiger partial charge in [-0.1, -0.05) is 11.6 Å². The highest BCUT2D eigenvalue weighted by Gasteiger charge is 2.30. The SMILES string of the molecule is CNc1ccc(Oc2ccc(C(F)(F)F)cc2)c2nc(Cl)ccc12. The highest BCUT2D eigenvalue weighted by molar-refractivity contribution is 6.30. The zero-order valence-corrected chi connectivity index (χ0v) is 13.2. The third-order valence-corrected chi connectivity index (χ3v) is 3.68. The molecule has 3 rings (SSSR count). The zero-order chi connectivity index (χ0) is 17.3. The van der Waals surface area contributed by atoms with Crippen molar-refractivity contribution >= 4 is 28.2 Å². The summed E-state index contributed by atoms with van der Waals surface area (Å²) < 4.78 is 43.5. The van der Waals surface area contributed by atoms with E-state index in [1.54, 1.807) is 31.3 Å². The summed E-state index contributed by atoms with van der Waals surface area (Å²) in [7, 11) is 1.78. The van der Waals surface area contributed by atoms with Crippen LogP contribution >= 0.6 is 11.6 Å². The van der Waals surface area contributed by atoms with E-state index in [1.807, 2.05) is 0 Å². The van der Waals surface area contributed by atoms with E-state index < -0.39 is 11.7 Å². The lowest BCUT2D eigenvalue weighted by molar-refractivity contribution is -0.137. The van der Waals surface area contributed by atoms with Gasteiger partial charge in [0.05, 0.1) is 5.56 Å². The smallest absolute Gasteiger partial charge is 0.416 e. The van der Waals surface area contributed by atoms with Crippen molar-refractivity contribution in [3.63, 3.8) is 0 Å². The molecular formula is C17H12ClF3N2O. The first-order valence-electron chi connectivity index (χ1n) is 7.00. The number of pyridine rings is 1. The maximum atomic E-state index is 12.6. The minimum absolute atomic E-state index is 0.281. The molecule has 3 aromatic rings. The van der Waals surface area contributed by atoms with Gasteiger partial charge in [-0.05, 0) is 48.5 Å². The largest absolute Gasteiger partial charge is 0.455 e. The summed E-state index contributed by atoms with van der Waals surface area (Å²) in [6.45, 7) is 0. The number of hydrogen-bond acceptors (Lipinski definition) is 3. The summed E-state index contributed by atoms with van der Waals surface area (Å²) in [6.07, 6.45) is -4.38. The molecule has 1 aromatic heterocycles. The Kier molecular flexibility index (Phi) is 4.24. The van der Waals surface area contributed by atoms with Gasteiger partial charge in [0.25, 0.3) is 0 Å².